The van der Waals surface area contributed by atoms with Gasteiger partial charge in [-0.1, -0.05) is 64.7 Å². The Bertz CT molecular complexity index is 646. The fraction of sp³-hybridized carbons (Fsp3) is 0.792. The summed E-state index contributed by atoms with van der Waals surface area (Å²) in [6.45, 7) is 4.14. The third kappa shape index (κ3) is 8.81. The van der Waals surface area contributed by atoms with E-state index >= 15 is 0 Å². The zero-order chi connectivity index (χ0) is 23.0. The van der Waals surface area contributed by atoms with E-state index in [1.54, 1.807) is 0 Å². The van der Waals surface area contributed by atoms with Gasteiger partial charge >= 0.3 is 5.97 Å². The number of carbonyl (C=O) groups is 1. The maximum absolute atomic E-state index is 13.0. The minimum atomic E-state index is -0.226. The lowest BCUT2D eigenvalue weighted by Gasteiger charge is -2.30. The molecule has 8 heteroatoms. The second kappa shape index (κ2) is 15.7. The van der Waals surface area contributed by atoms with Gasteiger partial charge in [-0.05, 0) is 32.1 Å². The van der Waals surface area contributed by atoms with Crippen LogP contribution in [0.15, 0.2) is 21.3 Å². The molecule has 0 amide bonds. The van der Waals surface area contributed by atoms with Gasteiger partial charge in [0.1, 0.15) is 0 Å². The summed E-state index contributed by atoms with van der Waals surface area (Å²) in [6.07, 6.45) is 17.3. The van der Waals surface area contributed by atoms with Crippen LogP contribution in [-0.2, 0) is 9.53 Å². The van der Waals surface area contributed by atoms with Crippen LogP contribution in [0.25, 0.3) is 0 Å². The van der Waals surface area contributed by atoms with Gasteiger partial charge in [-0.25, -0.2) is 15.6 Å². The van der Waals surface area contributed by atoms with E-state index in [4.69, 9.17) is 21.3 Å². The van der Waals surface area contributed by atoms with Crippen molar-refractivity contribution < 1.29 is 9.53 Å². The van der Waals surface area contributed by atoms with E-state index in [9.17, 15) is 4.79 Å². The van der Waals surface area contributed by atoms with E-state index in [0.29, 0.717) is 19.1 Å². The summed E-state index contributed by atoms with van der Waals surface area (Å²) in [5, 5.41) is 0. The zero-order valence-electron chi connectivity index (χ0n) is 20.0. The monoisotopic (exact) mass is 448 g/mol. The molecule has 0 spiro atoms. The van der Waals surface area contributed by atoms with E-state index in [1.165, 1.54) is 57.7 Å². The summed E-state index contributed by atoms with van der Waals surface area (Å²) in [5.41, 5.74) is 10.4. The number of allylic oxidation sites excluding steroid dienone is 1. The quantitative estimate of drug-likeness (QED) is 0.0778. The SMILES string of the molecule is CCCCCCCCCCCC1N=C(N)N2CCCC2=C1C(=O)OCCCCN=CNN. The summed E-state index contributed by atoms with van der Waals surface area (Å²) in [5.74, 6) is 5.47. The van der Waals surface area contributed by atoms with Gasteiger partial charge in [-0.3, -0.25) is 4.99 Å². The molecule has 0 aromatic rings. The summed E-state index contributed by atoms with van der Waals surface area (Å²) >= 11 is 0. The Morgan fingerprint density at radius 2 is 1.88 bits per heavy atom. The normalized spacial score (nSPS) is 18.2. The molecule has 0 bridgehead atoms. The number of aliphatic imine (C=N–C) groups is 2. The Kier molecular flexibility index (Phi) is 12.8. The number of hydrogen-bond donors (Lipinski definition) is 3. The van der Waals surface area contributed by atoms with E-state index in [-0.39, 0.29) is 12.0 Å². The van der Waals surface area contributed by atoms with E-state index < -0.39 is 0 Å². The van der Waals surface area contributed by atoms with Crippen molar-refractivity contribution in [2.45, 2.75) is 103 Å². The third-order valence-corrected chi connectivity index (χ3v) is 6.21. The summed E-state index contributed by atoms with van der Waals surface area (Å²) in [6, 6.07) is -0.170. The molecule has 5 N–H and O–H groups in total. The van der Waals surface area contributed by atoms with Gasteiger partial charge < -0.3 is 20.8 Å². The highest BCUT2D eigenvalue weighted by Crippen LogP contribution is 2.33. The first kappa shape index (κ1) is 26.2. The molecule has 0 aliphatic carbocycles. The maximum Gasteiger partial charge on any atom is 0.337 e. The number of rotatable bonds is 17. The molecule has 0 radical (unpaired) electrons. The molecule has 2 heterocycles. The molecule has 32 heavy (non-hydrogen) atoms. The predicted octanol–water partition coefficient (Wildman–Crippen LogP) is 3.77. The number of guanidine groups is 1. The van der Waals surface area contributed by atoms with Gasteiger partial charge in [-0.2, -0.15) is 0 Å². The molecule has 8 nitrogen and oxygen atoms in total. The molecule has 1 atom stereocenters. The Morgan fingerprint density at radius 1 is 1.16 bits per heavy atom. The van der Waals surface area contributed by atoms with Gasteiger partial charge in [0.05, 0.1) is 24.6 Å². The van der Waals surface area contributed by atoms with Crippen molar-refractivity contribution in [3.8, 4) is 0 Å². The van der Waals surface area contributed by atoms with Gasteiger partial charge in [0, 0.05) is 18.8 Å². The highest BCUT2D eigenvalue weighted by molar-refractivity contribution is 5.95. The van der Waals surface area contributed by atoms with Crippen molar-refractivity contribution in [1.29, 1.82) is 0 Å². The average molecular weight is 449 g/mol. The van der Waals surface area contributed by atoms with Crippen LogP contribution in [0.4, 0.5) is 0 Å². The van der Waals surface area contributed by atoms with Crippen LogP contribution in [0.3, 0.4) is 0 Å². The number of nitrogens with two attached hydrogens (primary N) is 2. The average Bonchev–Trinajstić information content (AvgIpc) is 3.27. The van der Waals surface area contributed by atoms with Crippen LogP contribution in [0, 0.1) is 0 Å². The minimum absolute atomic E-state index is 0.170. The fourth-order valence-electron chi connectivity index (χ4n) is 4.47. The smallest absolute Gasteiger partial charge is 0.337 e. The van der Waals surface area contributed by atoms with Crippen molar-refractivity contribution in [1.82, 2.24) is 10.3 Å². The number of ether oxygens (including phenoxy) is 1. The molecular formula is C24H44N6O2. The van der Waals surface area contributed by atoms with Crippen LogP contribution in [0.1, 0.15) is 96.8 Å². The molecule has 0 aromatic carbocycles. The first-order valence-electron chi connectivity index (χ1n) is 12.6. The summed E-state index contributed by atoms with van der Waals surface area (Å²) in [7, 11) is 0. The second-order valence-electron chi connectivity index (χ2n) is 8.78. The van der Waals surface area contributed by atoms with Crippen LogP contribution in [-0.4, -0.2) is 48.9 Å². The van der Waals surface area contributed by atoms with Gasteiger partial charge in [0.15, 0.2) is 5.96 Å². The molecule has 0 saturated carbocycles. The van der Waals surface area contributed by atoms with Gasteiger partial charge in [0.2, 0.25) is 0 Å². The zero-order valence-corrected chi connectivity index (χ0v) is 20.0. The molecule has 2 aliphatic heterocycles. The van der Waals surface area contributed by atoms with Crippen molar-refractivity contribution in [3.63, 3.8) is 0 Å². The van der Waals surface area contributed by atoms with Crippen LogP contribution >= 0.6 is 0 Å². The first-order valence-corrected chi connectivity index (χ1v) is 12.6. The molecule has 1 fully saturated rings. The minimum Gasteiger partial charge on any atom is -0.462 e. The van der Waals surface area contributed by atoms with Crippen LogP contribution < -0.4 is 17.0 Å². The van der Waals surface area contributed by atoms with Crippen molar-refractivity contribution in [2.24, 2.45) is 21.6 Å². The summed E-state index contributed by atoms with van der Waals surface area (Å²) in [4.78, 5) is 23.8. The molecule has 182 valence electrons. The summed E-state index contributed by atoms with van der Waals surface area (Å²) < 4.78 is 5.63. The highest BCUT2D eigenvalue weighted by atomic mass is 16.5. The molecule has 0 aromatic heterocycles. The number of unbranched alkanes of at least 4 members (excludes halogenated alkanes) is 9. The largest absolute Gasteiger partial charge is 0.462 e. The van der Waals surface area contributed by atoms with Crippen LogP contribution in [0.2, 0.25) is 0 Å². The third-order valence-electron chi connectivity index (χ3n) is 6.21. The topological polar surface area (TPSA) is 118 Å². The maximum atomic E-state index is 13.0. The Balaban J connectivity index is 1.79. The Morgan fingerprint density at radius 3 is 2.59 bits per heavy atom. The number of nitrogens with zero attached hydrogens (tertiary/aromatic N) is 3. The number of fused-ring (bicyclic) bond motifs is 1. The lowest BCUT2D eigenvalue weighted by atomic mass is 9.96. The van der Waals surface area contributed by atoms with Crippen molar-refractivity contribution >= 4 is 18.3 Å². The highest BCUT2D eigenvalue weighted by Gasteiger charge is 2.36. The van der Waals surface area contributed by atoms with Crippen LogP contribution in [0.5, 0.6) is 0 Å². The Hall–Kier alpha value is -2.09. The molecule has 2 rings (SSSR count). The second-order valence-corrected chi connectivity index (χ2v) is 8.78. The molecular weight excluding hydrogens is 404 g/mol. The fourth-order valence-corrected chi connectivity index (χ4v) is 4.47. The van der Waals surface area contributed by atoms with Crippen molar-refractivity contribution in [2.75, 3.05) is 19.7 Å². The lowest BCUT2D eigenvalue weighted by molar-refractivity contribution is -0.139. The predicted molar refractivity (Wildman–Crippen MR) is 131 cm³/mol. The van der Waals surface area contributed by atoms with E-state index in [1.807, 2.05) is 4.90 Å². The number of carbonyl (C=O) groups excluding carboxylic acids is 1. The lowest BCUT2D eigenvalue weighted by Crippen LogP contribution is -2.41. The number of hydrazine groups is 1. The van der Waals surface area contributed by atoms with E-state index in [2.05, 4.69) is 17.3 Å². The van der Waals surface area contributed by atoms with Gasteiger partial charge in [-0.15, -0.1) is 0 Å². The Labute approximate surface area is 193 Å². The standard InChI is InChI=1S/C24H44N6O2/c1-2-3-4-5-6-7-8-9-10-14-20-22(21-15-13-17-30(21)24(25)29-20)23(31)32-18-12-11-16-27-19-28-26/h19-20H,2-18,26H2,1H3,(H2,25,29)(H,27,28). The number of nitrogens with one attached hydrogen (secondary N) is 1. The van der Waals surface area contributed by atoms with Gasteiger partial charge in [0.25, 0.3) is 0 Å². The molecule has 2 aliphatic rings. The number of esters is 1. The van der Waals surface area contributed by atoms with E-state index in [0.717, 1.165) is 56.3 Å². The van der Waals surface area contributed by atoms with Crippen molar-refractivity contribution in [3.05, 3.63) is 11.3 Å². The molecule has 1 saturated heterocycles. The number of hydrogen-bond acceptors (Lipinski definition) is 7. The molecule has 1 unspecified atom stereocenters. The first-order chi connectivity index (χ1) is 15.7.